The zero-order valence-electron chi connectivity index (χ0n) is 16.9. The smallest absolute Gasteiger partial charge is 0.225 e. The lowest BCUT2D eigenvalue weighted by Crippen LogP contribution is -2.45. The zero-order valence-corrected chi connectivity index (χ0v) is 16.9. The molecular formula is C23H31N3O2. The lowest BCUT2D eigenvalue weighted by atomic mass is 9.91. The number of aliphatic imine (C=N–C) groups is 2. The van der Waals surface area contributed by atoms with Gasteiger partial charge in [0.05, 0.1) is 13.7 Å². The van der Waals surface area contributed by atoms with E-state index in [4.69, 9.17) is 9.73 Å². The van der Waals surface area contributed by atoms with E-state index in [1.165, 1.54) is 25.7 Å². The van der Waals surface area contributed by atoms with E-state index in [1.54, 1.807) is 7.11 Å². The number of likely N-dealkylation sites (tertiary alicyclic amines) is 1. The second kappa shape index (κ2) is 8.89. The topological polar surface area (TPSA) is 54.3 Å². The number of carbonyl (C=O) groups excluding carboxylic acids is 1. The number of nitrogens with zero attached hydrogens (tertiary/aromatic N) is 3. The van der Waals surface area contributed by atoms with Crippen molar-refractivity contribution < 1.29 is 9.53 Å². The number of methoxy groups -OCH3 is 1. The van der Waals surface area contributed by atoms with Gasteiger partial charge in [-0.3, -0.25) is 9.79 Å². The van der Waals surface area contributed by atoms with E-state index < -0.39 is 0 Å². The molecule has 1 unspecified atom stereocenters. The molecule has 2 aliphatic heterocycles. The Balaban J connectivity index is 1.39. The van der Waals surface area contributed by atoms with E-state index in [9.17, 15) is 4.79 Å². The van der Waals surface area contributed by atoms with Gasteiger partial charge in [-0.25, -0.2) is 4.99 Å². The maximum absolute atomic E-state index is 13.1. The van der Waals surface area contributed by atoms with Crippen molar-refractivity contribution in [2.24, 2.45) is 21.8 Å². The molecule has 1 atom stereocenters. The summed E-state index contributed by atoms with van der Waals surface area (Å²) < 4.78 is 5.23. The van der Waals surface area contributed by atoms with E-state index in [0.29, 0.717) is 18.4 Å². The normalized spacial score (nSPS) is 23.8. The van der Waals surface area contributed by atoms with Gasteiger partial charge in [0.1, 0.15) is 5.75 Å². The van der Waals surface area contributed by atoms with Crippen LogP contribution < -0.4 is 4.74 Å². The molecule has 1 aromatic rings. The van der Waals surface area contributed by atoms with E-state index in [1.807, 2.05) is 24.3 Å². The summed E-state index contributed by atoms with van der Waals surface area (Å²) in [7, 11) is 1.67. The molecule has 3 aliphatic rings. The van der Waals surface area contributed by atoms with Gasteiger partial charge in [0.25, 0.3) is 0 Å². The van der Waals surface area contributed by atoms with Crippen molar-refractivity contribution in [3.05, 3.63) is 29.8 Å². The molecule has 150 valence electrons. The molecule has 4 rings (SSSR count). The van der Waals surface area contributed by atoms with Crippen LogP contribution in [0.15, 0.2) is 34.3 Å². The van der Waals surface area contributed by atoms with Crippen molar-refractivity contribution in [2.75, 3.05) is 26.7 Å². The molecule has 2 heterocycles. The van der Waals surface area contributed by atoms with Crippen LogP contribution in [0.4, 0.5) is 0 Å². The van der Waals surface area contributed by atoms with Gasteiger partial charge in [0.15, 0.2) is 5.84 Å². The first-order valence-corrected chi connectivity index (χ1v) is 10.8. The molecule has 5 heteroatoms. The predicted octanol–water partition coefficient (Wildman–Crippen LogP) is 4.11. The molecule has 0 aromatic heterocycles. The van der Waals surface area contributed by atoms with Gasteiger partial charge < -0.3 is 9.64 Å². The van der Waals surface area contributed by atoms with E-state index in [0.717, 1.165) is 61.6 Å². The minimum absolute atomic E-state index is 0.248. The van der Waals surface area contributed by atoms with Crippen molar-refractivity contribution in [2.45, 2.75) is 51.4 Å². The maximum atomic E-state index is 13.1. The second-order valence-electron chi connectivity index (χ2n) is 8.28. The third kappa shape index (κ3) is 4.29. The number of rotatable bonds is 4. The highest BCUT2D eigenvalue weighted by atomic mass is 16.5. The number of piperidine rings is 1. The summed E-state index contributed by atoms with van der Waals surface area (Å²) in [6.45, 7) is 2.39. The quantitative estimate of drug-likeness (QED) is 0.737. The van der Waals surface area contributed by atoms with Crippen molar-refractivity contribution in [1.29, 1.82) is 0 Å². The molecule has 2 fully saturated rings. The Morgan fingerprint density at radius 2 is 1.79 bits per heavy atom. The average Bonchev–Trinajstić information content (AvgIpc) is 3.09. The van der Waals surface area contributed by atoms with Gasteiger partial charge in [-0.1, -0.05) is 25.7 Å². The molecule has 1 amide bonds. The van der Waals surface area contributed by atoms with Gasteiger partial charge >= 0.3 is 0 Å². The number of ether oxygens (including phenoxy) is 1. The molecule has 1 saturated carbocycles. The number of hydrogen-bond donors (Lipinski definition) is 0. The van der Waals surface area contributed by atoms with Crippen molar-refractivity contribution in [1.82, 2.24) is 4.90 Å². The minimum atomic E-state index is 0.248. The lowest BCUT2D eigenvalue weighted by molar-refractivity contribution is -0.137. The van der Waals surface area contributed by atoms with Gasteiger partial charge in [0.2, 0.25) is 5.91 Å². The van der Waals surface area contributed by atoms with E-state index >= 15 is 0 Å². The highest BCUT2D eigenvalue weighted by molar-refractivity contribution is 6.12. The Kier molecular flexibility index (Phi) is 6.08. The first-order valence-electron chi connectivity index (χ1n) is 10.8. The van der Waals surface area contributed by atoms with Crippen LogP contribution in [0.3, 0.4) is 0 Å². The molecule has 1 saturated heterocycles. The highest BCUT2D eigenvalue weighted by Gasteiger charge is 2.32. The molecule has 0 bridgehead atoms. The number of benzene rings is 1. The van der Waals surface area contributed by atoms with Crippen LogP contribution in [0.1, 0.15) is 56.9 Å². The summed E-state index contributed by atoms with van der Waals surface area (Å²) in [5.74, 6) is 2.64. The third-order valence-corrected chi connectivity index (χ3v) is 6.40. The fraction of sp³-hybridized carbons (Fsp3) is 0.609. The van der Waals surface area contributed by atoms with Gasteiger partial charge in [-0.15, -0.1) is 0 Å². The van der Waals surface area contributed by atoms with Gasteiger partial charge in [-0.2, -0.15) is 0 Å². The fourth-order valence-electron chi connectivity index (χ4n) is 4.71. The van der Waals surface area contributed by atoms with Gasteiger partial charge in [0, 0.05) is 36.2 Å². The first-order chi connectivity index (χ1) is 13.7. The molecule has 1 aliphatic carbocycles. The van der Waals surface area contributed by atoms with E-state index in [-0.39, 0.29) is 5.92 Å². The first kappa shape index (κ1) is 19.2. The Morgan fingerprint density at radius 1 is 1.04 bits per heavy atom. The van der Waals surface area contributed by atoms with Crippen LogP contribution in [0.5, 0.6) is 5.75 Å². The second-order valence-corrected chi connectivity index (χ2v) is 8.28. The zero-order chi connectivity index (χ0) is 19.3. The Morgan fingerprint density at radius 3 is 2.50 bits per heavy atom. The summed E-state index contributed by atoms with van der Waals surface area (Å²) in [6, 6.07) is 7.90. The number of carbonyl (C=O) groups is 1. The number of hydrogen-bond acceptors (Lipinski definition) is 4. The molecule has 28 heavy (non-hydrogen) atoms. The van der Waals surface area contributed by atoms with Crippen LogP contribution >= 0.6 is 0 Å². The van der Waals surface area contributed by atoms with Crippen molar-refractivity contribution >= 4 is 17.5 Å². The Labute approximate surface area is 167 Å². The number of amidine groups is 1. The van der Waals surface area contributed by atoms with Crippen LogP contribution in [-0.2, 0) is 4.79 Å². The van der Waals surface area contributed by atoms with Crippen LogP contribution in [0.25, 0.3) is 0 Å². The largest absolute Gasteiger partial charge is 0.497 e. The van der Waals surface area contributed by atoms with Crippen LogP contribution in [0.2, 0.25) is 0 Å². The fourth-order valence-corrected chi connectivity index (χ4v) is 4.71. The Bertz CT molecular complexity index is 746. The summed E-state index contributed by atoms with van der Waals surface area (Å²) in [6.07, 6.45) is 9.32. The average molecular weight is 382 g/mol. The highest BCUT2D eigenvalue weighted by Crippen LogP contribution is 2.28. The van der Waals surface area contributed by atoms with Crippen molar-refractivity contribution in [3.63, 3.8) is 0 Å². The summed E-state index contributed by atoms with van der Waals surface area (Å²) >= 11 is 0. The Hall–Kier alpha value is -2.17. The molecule has 1 aromatic carbocycles. The summed E-state index contributed by atoms with van der Waals surface area (Å²) in [5, 5.41) is 0. The van der Waals surface area contributed by atoms with Gasteiger partial charge in [-0.05, 0) is 49.9 Å². The SMILES string of the molecule is COc1ccc(C2=NCC(C3CCCN(C(=O)C4CCCCCC4)C3)=N2)cc1. The molecule has 0 spiro atoms. The monoisotopic (exact) mass is 381 g/mol. The molecular weight excluding hydrogens is 350 g/mol. The number of amides is 1. The maximum Gasteiger partial charge on any atom is 0.225 e. The standard InChI is InChI=1S/C23H31N3O2/c1-28-20-12-10-17(11-13-20)22-24-15-21(25-22)19-9-6-14-26(16-19)23(27)18-7-4-2-3-5-8-18/h10-13,18-19H,2-9,14-16H2,1H3. The molecule has 0 radical (unpaired) electrons. The minimum Gasteiger partial charge on any atom is -0.497 e. The predicted molar refractivity (Wildman–Crippen MR) is 112 cm³/mol. The molecule has 5 nitrogen and oxygen atoms in total. The van der Waals surface area contributed by atoms with E-state index in [2.05, 4.69) is 9.89 Å². The van der Waals surface area contributed by atoms with Crippen LogP contribution in [-0.4, -0.2) is 49.1 Å². The lowest BCUT2D eigenvalue weighted by Gasteiger charge is -2.35. The molecule has 0 N–H and O–H groups in total. The summed E-state index contributed by atoms with van der Waals surface area (Å²) in [5.41, 5.74) is 2.17. The summed E-state index contributed by atoms with van der Waals surface area (Å²) in [4.78, 5) is 24.7. The van der Waals surface area contributed by atoms with Crippen molar-refractivity contribution in [3.8, 4) is 5.75 Å². The van der Waals surface area contributed by atoms with Crippen LogP contribution in [0, 0.1) is 11.8 Å². The third-order valence-electron chi connectivity index (χ3n) is 6.40.